The molecule has 3 aromatic carbocycles. The highest BCUT2D eigenvalue weighted by atomic mass is 35.5. The number of amides is 2. The summed E-state index contributed by atoms with van der Waals surface area (Å²) in [6.07, 6.45) is 1.95. The van der Waals surface area contributed by atoms with Gasteiger partial charge in [0, 0.05) is 24.0 Å². The molecule has 0 aliphatic rings. The second-order valence-corrected chi connectivity index (χ2v) is 13.2. The van der Waals surface area contributed by atoms with E-state index in [1.807, 2.05) is 44.2 Å². The van der Waals surface area contributed by atoms with Crippen molar-refractivity contribution < 1.29 is 18.0 Å². The van der Waals surface area contributed by atoms with Crippen LogP contribution in [0.5, 0.6) is 0 Å². The summed E-state index contributed by atoms with van der Waals surface area (Å²) in [5.74, 6) is -0.902. The Morgan fingerprint density at radius 1 is 0.927 bits per heavy atom. The van der Waals surface area contributed by atoms with Crippen molar-refractivity contribution in [3.8, 4) is 0 Å². The first kappa shape index (κ1) is 32.7. The molecule has 0 unspecified atom stereocenters. The molecule has 0 radical (unpaired) electrons. The quantitative estimate of drug-likeness (QED) is 0.253. The molecule has 220 valence electrons. The van der Waals surface area contributed by atoms with Gasteiger partial charge in [-0.2, -0.15) is 0 Å². The summed E-state index contributed by atoms with van der Waals surface area (Å²) in [5.41, 5.74) is 2.39. The Morgan fingerprint density at radius 3 is 2.20 bits per heavy atom. The Kier molecular flexibility index (Phi) is 11.5. The van der Waals surface area contributed by atoms with Gasteiger partial charge in [-0.05, 0) is 67.3 Å². The first-order valence-corrected chi connectivity index (χ1v) is 16.1. The van der Waals surface area contributed by atoms with Gasteiger partial charge < -0.3 is 10.2 Å². The van der Waals surface area contributed by atoms with Crippen molar-refractivity contribution in [1.29, 1.82) is 0 Å². The SMILES string of the molecule is CC[C@@H](C)NC(=O)[C@H](Cc1ccccc1)N(Cc1ccc(Cl)c(Cl)c1)C(=O)CN(c1ccc(Cl)cc1C)S(C)(=O)=O. The van der Waals surface area contributed by atoms with Gasteiger partial charge in [0.15, 0.2) is 0 Å². The van der Waals surface area contributed by atoms with Gasteiger partial charge in [0.05, 0.1) is 22.0 Å². The van der Waals surface area contributed by atoms with Crippen molar-refractivity contribution >= 4 is 62.3 Å². The van der Waals surface area contributed by atoms with Gasteiger partial charge in [0.1, 0.15) is 12.6 Å². The predicted octanol–water partition coefficient (Wildman–Crippen LogP) is 6.28. The molecule has 3 aromatic rings. The first-order chi connectivity index (χ1) is 19.3. The summed E-state index contributed by atoms with van der Waals surface area (Å²) in [7, 11) is -3.89. The molecule has 0 aromatic heterocycles. The number of anilines is 1. The smallest absolute Gasteiger partial charge is 0.244 e. The highest BCUT2D eigenvalue weighted by Crippen LogP contribution is 2.27. The van der Waals surface area contributed by atoms with Crippen molar-refractivity contribution in [2.45, 2.75) is 52.2 Å². The average molecular weight is 639 g/mol. The molecule has 41 heavy (non-hydrogen) atoms. The summed E-state index contributed by atoms with van der Waals surface area (Å²) in [6.45, 7) is 5.03. The number of sulfonamides is 1. The van der Waals surface area contributed by atoms with Crippen LogP contribution in [0.15, 0.2) is 66.7 Å². The second kappa shape index (κ2) is 14.4. The third-order valence-electron chi connectivity index (χ3n) is 6.72. The van der Waals surface area contributed by atoms with Crippen molar-refractivity contribution in [2.24, 2.45) is 0 Å². The third kappa shape index (κ3) is 9.10. The Hall–Kier alpha value is -2.78. The number of carbonyl (C=O) groups is 2. The highest BCUT2D eigenvalue weighted by Gasteiger charge is 2.33. The van der Waals surface area contributed by atoms with E-state index in [1.54, 1.807) is 43.3 Å². The minimum absolute atomic E-state index is 0.00164. The van der Waals surface area contributed by atoms with Crippen LogP contribution in [-0.4, -0.2) is 50.0 Å². The Balaban J connectivity index is 2.10. The lowest BCUT2D eigenvalue weighted by Crippen LogP contribution is -2.54. The summed E-state index contributed by atoms with van der Waals surface area (Å²) in [6, 6.07) is 18.0. The largest absolute Gasteiger partial charge is 0.352 e. The number of halogens is 3. The second-order valence-electron chi connectivity index (χ2n) is 9.99. The molecule has 0 saturated carbocycles. The maximum Gasteiger partial charge on any atom is 0.244 e. The van der Waals surface area contributed by atoms with Gasteiger partial charge in [-0.1, -0.05) is 78.1 Å². The van der Waals surface area contributed by atoms with E-state index >= 15 is 0 Å². The molecule has 1 N–H and O–H groups in total. The molecule has 3 rings (SSSR count). The van der Waals surface area contributed by atoms with Crippen LogP contribution in [0.4, 0.5) is 5.69 Å². The number of rotatable bonds is 12. The number of nitrogens with one attached hydrogen (secondary N) is 1. The van der Waals surface area contributed by atoms with Crippen LogP contribution in [0.1, 0.15) is 37.0 Å². The zero-order valence-electron chi connectivity index (χ0n) is 23.4. The number of nitrogens with zero attached hydrogens (tertiary/aromatic N) is 2. The number of aryl methyl sites for hydroxylation is 1. The summed E-state index contributed by atoms with van der Waals surface area (Å²) < 4.78 is 27.0. The van der Waals surface area contributed by atoms with E-state index in [1.165, 1.54) is 4.90 Å². The van der Waals surface area contributed by atoms with Gasteiger partial charge in [-0.3, -0.25) is 13.9 Å². The molecule has 2 atom stereocenters. The summed E-state index contributed by atoms with van der Waals surface area (Å²) in [4.78, 5) is 29.3. The number of hydrogen-bond acceptors (Lipinski definition) is 4. The van der Waals surface area contributed by atoms with E-state index < -0.39 is 28.5 Å². The van der Waals surface area contributed by atoms with Gasteiger partial charge >= 0.3 is 0 Å². The van der Waals surface area contributed by atoms with Gasteiger partial charge in [-0.25, -0.2) is 8.42 Å². The topological polar surface area (TPSA) is 86.8 Å². The minimum atomic E-state index is -3.89. The molecule has 0 fully saturated rings. The lowest BCUT2D eigenvalue weighted by molar-refractivity contribution is -0.140. The van der Waals surface area contributed by atoms with E-state index in [4.69, 9.17) is 34.8 Å². The van der Waals surface area contributed by atoms with Crippen LogP contribution in [0.25, 0.3) is 0 Å². The van der Waals surface area contributed by atoms with E-state index in [9.17, 15) is 18.0 Å². The lowest BCUT2D eigenvalue weighted by atomic mass is 10.0. The molecule has 7 nitrogen and oxygen atoms in total. The standard InChI is InChI=1S/C30H34Cl3N3O4S/c1-5-21(3)34-30(38)28(17-22-9-7-6-8-10-22)35(18-23-11-13-25(32)26(33)16-23)29(37)19-36(41(4,39)40)27-14-12-24(31)15-20(27)2/h6-16,21,28H,5,17-19H2,1-4H3,(H,34,38)/t21-,28+/m1/s1. The molecule has 2 amide bonds. The predicted molar refractivity (Wildman–Crippen MR) is 167 cm³/mol. The van der Waals surface area contributed by atoms with Gasteiger partial charge in [0.2, 0.25) is 21.8 Å². The Morgan fingerprint density at radius 2 is 1.61 bits per heavy atom. The zero-order chi connectivity index (χ0) is 30.3. The third-order valence-corrected chi connectivity index (χ3v) is 8.82. The molecular formula is C30H34Cl3N3O4S. The van der Waals surface area contributed by atoms with E-state index in [2.05, 4.69) is 5.32 Å². The van der Waals surface area contributed by atoms with Crippen molar-refractivity contribution in [2.75, 3.05) is 17.1 Å². The molecule has 11 heteroatoms. The number of hydrogen-bond donors (Lipinski definition) is 1. The normalized spacial score (nSPS) is 12.9. The lowest BCUT2D eigenvalue weighted by Gasteiger charge is -2.34. The van der Waals surface area contributed by atoms with E-state index in [-0.39, 0.29) is 24.9 Å². The van der Waals surface area contributed by atoms with Gasteiger partial charge in [-0.15, -0.1) is 0 Å². The van der Waals surface area contributed by atoms with Crippen LogP contribution in [-0.2, 0) is 32.6 Å². The average Bonchev–Trinajstić information content (AvgIpc) is 2.91. The van der Waals surface area contributed by atoms with Crippen molar-refractivity contribution in [3.63, 3.8) is 0 Å². The van der Waals surface area contributed by atoms with Crippen LogP contribution < -0.4 is 9.62 Å². The fraction of sp³-hybridized carbons (Fsp3) is 0.333. The molecule has 0 bridgehead atoms. The molecule has 0 saturated heterocycles. The molecule has 0 spiro atoms. The Labute approximate surface area is 257 Å². The van der Waals surface area contributed by atoms with Crippen LogP contribution in [0, 0.1) is 6.92 Å². The molecule has 0 aliphatic carbocycles. The number of benzene rings is 3. The summed E-state index contributed by atoms with van der Waals surface area (Å²) in [5, 5.41) is 4.09. The van der Waals surface area contributed by atoms with Gasteiger partial charge in [0.25, 0.3) is 0 Å². The first-order valence-electron chi connectivity index (χ1n) is 13.1. The highest BCUT2D eigenvalue weighted by molar-refractivity contribution is 7.92. The summed E-state index contributed by atoms with van der Waals surface area (Å²) >= 11 is 18.5. The van der Waals surface area contributed by atoms with Crippen molar-refractivity contribution in [1.82, 2.24) is 10.2 Å². The fourth-order valence-corrected chi connectivity index (χ4v) is 5.78. The maximum atomic E-state index is 14.2. The maximum absolute atomic E-state index is 14.2. The monoisotopic (exact) mass is 637 g/mol. The molecule has 0 heterocycles. The van der Waals surface area contributed by atoms with Crippen LogP contribution in [0.3, 0.4) is 0 Å². The van der Waals surface area contributed by atoms with Crippen molar-refractivity contribution in [3.05, 3.63) is 98.5 Å². The minimum Gasteiger partial charge on any atom is -0.352 e. The molecular weight excluding hydrogens is 605 g/mol. The fourth-order valence-electron chi connectivity index (χ4n) is 4.32. The zero-order valence-corrected chi connectivity index (χ0v) is 26.5. The van der Waals surface area contributed by atoms with E-state index in [0.717, 1.165) is 16.1 Å². The van der Waals surface area contributed by atoms with E-state index in [0.29, 0.717) is 38.3 Å². The Bertz CT molecular complexity index is 1490. The van der Waals surface area contributed by atoms with Crippen LogP contribution >= 0.6 is 34.8 Å². The number of carbonyl (C=O) groups excluding carboxylic acids is 2. The molecule has 0 aliphatic heterocycles. The van der Waals surface area contributed by atoms with Crippen LogP contribution in [0.2, 0.25) is 15.1 Å².